The van der Waals surface area contributed by atoms with E-state index in [0.717, 1.165) is 23.4 Å². The number of thioether (sulfide) groups is 1. The maximum absolute atomic E-state index is 13.9. The zero-order valence-corrected chi connectivity index (χ0v) is 24.7. The molecule has 5 rings (SSSR count). The fourth-order valence-electron chi connectivity index (χ4n) is 4.46. The van der Waals surface area contributed by atoms with Crippen molar-refractivity contribution in [3.05, 3.63) is 104 Å². The molecule has 3 aromatic carbocycles. The molecule has 5 aromatic rings. The Morgan fingerprint density at radius 3 is 2.35 bits per heavy atom. The highest BCUT2D eigenvalue weighted by Crippen LogP contribution is 2.28. The van der Waals surface area contributed by atoms with Gasteiger partial charge in [0.2, 0.25) is 5.91 Å². The summed E-state index contributed by atoms with van der Waals surface area (Å²) in [5, 5.41) is 0.324. The topological polar surface area (TPSA) is 60.1 Å². The van der Waals surface area contributed by atoms with Crippen LogP contribution in [0.15, 0.2) is 82.7 Å². The summed E-state index contributed by atoms with van der Waals surface area (Å²) in [5.41, 5.74) is 4.44. The van der Waals surface area contributed by atoms with Gasteiger partial charge in [-0.3, -0.25) is 18.7 Å². The Labute approximate surface area is 244 Å². The average Bonchev–Trinajstić information content (AvgIpc) is 3.29. The van der Waals surface area contributed by atoms with E-state index < -0.39 is 5.82 Å². The van der Waals surface area contributed by atoms with Crippen LogP contribution in [0, 0.1) is 16.7 Å². The zero-order chi connectivity index (χ0) is 28.4. The van der Waals surface area contributed by atoms with E-state index in [1.165, 1.54) is 57.5 Å². The number of hydrogen-bond donors (Lipinski definition) is 0. The van der Waals surface area contributed by atoms with Crippen LogP contribution in [0.25, 0.3) is 21.7 Å². The lowest BCUT2D eigenvalue weighted by molar-refractivity contribution is -0.116. The minimum absolute atomic E-state index is 0.0526. The van der Waals surface area contributed by atoms with Crippen LogP contribution in [-0.4, -0.2) is 32.3 Å². The summed E-state index contributed by atoms with van der Waals surface area (Å²) in [4.78, 5) is 33.9. The molecule has 0 N–H and O–H groups in total. The van der Waals surface area contributed by atoms with E-state index in [9.17, 15) is 14.0 Å². The molecule has 0 atom stereocenters. The first-order valence-electron chi connectivity index (χ1n) is 12.8. The monoisotopic (exact) mass is 590 g/mol. The molecule has 0 aliphatic heterocycles. The number of nitrogens with zero attached hydrogens (tertiary/aromatic N) is 4. The highest BCUT2D eigenvalue weighted by molar-refractivity contribution is 7.99. The predicted octanol–water partition coefficient (Wildman–Crippen LogP) is 7.12. The van der Waals surface area contributed by atoms with E-state index in [-0.39, 0.29) is 17.2 Å². The molecule has 40 heavy (non-hydrogen) atoms. The normalized spacial score (nSPS) is 11.2. The van der Waals surface area contributed by atoms with Crippen LogP contribution in [-0.2, 0) is 11.2 Å². The van der Waals surface area contributed by atoms with Gasteiger partial charge in [0.15, 0.2) is 14.8 Å². The predicted molar refractivity (Wildman–Crippen MR) is 165 cm³/mol. The highest BCUT2D eigenvalue weighted by Gasteiger charge is 2.21. The summed E-state index contributed by atoms with van der Waals surface area (Å²) in [5.74, 6) is -0.475. The Bertz CT molecular complexity index is 1810. The van der Waals surface area contributed by atoms with Gasteiger partial charge in [-0.25, -0.2) is 9.37 Å². The third-order valence-electron chi connectivity index (χ3n) is 6.52. The van der Waals surface area contributed by atoms with E-state index >= 15 is 0 Å². The van der Waals surface area contributed by atoms with Gasteiger partial charge in [0, 0.05) is 17.9 Å². The first-order valence-corrected chi connectivity index (χ1v) is 15.1. The van der Waals surface area contributed by atoms with Crippen LogP contribution in [0.2, 0.25) is 0 Å². The molecule has 0 aliphatic rings. The highest BCUT2D eigenvalue weighted by atomic mass is 32.2. The molecule has 2 aromatic heterocycles. The maximum atomic E-state index is 13.9. The molecule has 6 nitrogen and oxygen atoms in total. The second-order valence-electron chi connectivity index (χ2n) is 9.15. The number of aromatic nitrogens is 3. The Morgan fingerprint density at radius 1 is 1.02 bits per heavy atom. The van der Waals surface area contributed by atoms with Gasteiger partial charge in [-0.15, -0.1) is 0 Å². The SMILES string of the molecule is CCc1ccc(-n2c(=S)sc3c(=O)n(-c4ccc(F)cc4)c(SCC(=O)N(CC)c4cccc(C)c4)nc32)cc1. The first kappa shape index (κ1) is 27.9. The van der Waals surface area contributed by atoms with Crippen LogP contribution in [0.3, 0.4) is 0 Å². The molecule has 10 heteroatoms. The van der Waals surface area contributed by atoms with Crippen molar-refractivity contribution in [1.82, 2.24) is 14.1 Å². The van der Waals surface area contributed by atoms with Crippen molar-refractivity contribution in [2.75, 3.05) is 17.2 Å². The molecule has 0 spiro atoms. The van der Waals surface area contributed by atoms with Crippen molar-refractivity contribution in [3.63, 3.8) is 0 Å². The summed E-state index contributed by atoms with van der Waals surface area (Å²) in [7, 11) is 0. The molecule has 0 fully saturated rings. The lowest BCUT2D eigenvalue weighted by Gasteiger charge is -2.21. The van der Waals surface area contributed by atoms with Crippen molar-refractivity contribution in [3.8, 4) is 11.4 Å². The van der Waals surface area contributed by atoms with Crippen molar-refractivity contribution < 1.29 is 9.18 Å². The standard InChI is InChI=1S/C30H27FN4O2S3/c1-4-20-9-13-22(14-10-20)34-27-26(40-30(34)38)28(37)35(23-15-11-21(31)12-16-23)29(32-27)39-18-25(36)33(5-2)24-8-6-7-19(3)17-24/h6-17H,4-5,18H2,1-3H3. The Balaban J connectivity index is 1.61. The molecule has 1 amide bonds. The van der Waals surface area contributed by atoms with Gasteiger partial charge in [0.25, 0.3) is 5.56 Å². The number of amides is 1. The van der Waals surface area contributed by atoms with Crippen molar-refractivity contribution in [2.45, 2.75) is 32.3 Å². The maximum Gasteiger partial charge on any atom is 0.278 e. The number of carbonyl (C=O) groups excluding carboxylic acids is 1. The van der Waals surface area contributed by atoms with E-state index in [1.54, 1.807) is 9.47 Å². The van der Waals surface area contributed by atoms with Crippen LogP contribution in [0.5, 0.6) is 0 Å². The lowest BCUT2D eigenvalue weighted by atomic mass is 10.1. The number of thiazole rings is 1. The number of benzene rings is 3. The smallest absolute Gasteiger partial charge is 0.278 e. The minimum Gasteiger partial charge on any atom is -0.312 e. The van der Waals surface area contributed by atoms with Gasteiger partial charge in [0.05, 0.1) is 11.4 Å². The number of fused-ring (bicyclic) bond motifs is 1. The van der Waals surface area contributed by atoms with Gasteiger partial charge in [-0.1, -0.05) is 54.3 Å². The molecule has 204 valence electrons. The van der Waals surface area contributed by atoms with Gasteiger partial charge in [0.1, 0.15) is 10.5 Å². The Morgan fingerprint density at radius 2 is 1.70 bits per heavy atom. The van der Waals surface area contributed by atoms with Crippen LogP contribution in [0.4, 0.5) is 10.1 Å². The summed E-state index contributed by atoms with van der Waals surface area (Å²) in [6.07, 6.45) is 0.906. The van der Waals surface area contributed by atoms with Crippen molar-refractivity contribution in [2.24, 2.45) is 0 Å². The fraction of sp³-hybridized carbons (Fsp3) is 0.200. The third-order valence-corrected chi connectivity index (χ3v) is 8.79. The number of carbonyl (C=O) groups is 1. The number of aryl methyl sites for hydroxylation is 2. The number of rotatable bonds is 8. The van der Waals surface area contributed by atoms with E-state index in [4.69, 9.17) is 17.2 Å². The van der Waals surface area contributed by atoms with Crippen molar-refractivity contribution in [1.29, 1.82) is 0 Å². The van der Waals surface area contributed by atoms with E-state index in [0.29, 0.717) is 31.7 Å². The van der Waals surface area contributed by atoms with Crippen LogP contribution in [0.1, 0.15) is 25.0 Å². The molecular weight excluding hydrogens is 564 g/mol. The van der Waals surface area contributed by atoms with Gasteiger partial charge in [-0.05, 0) is 92.1 Å². The van der Waals surface area contributed by atoms with Crippen LogP contribution < -0.4 is 10.5 Å². The van der Waals surface area contributed by atoms with Gasteiger partial charge >= 0.3 is 0 Å². The molecule has 0 saturated carbocycles. The summed E-state index contributed by atoms with van der Waals surface area (Å²) in [6, 6.07) is 21.4. The van der Waals surface area contributed by atoms with Gasteiger partial charge in [-0.2, -0.15) is 0 Å². The van der Waals surface area contributed by atoms with Gasteiger partial charge < -0.3 is 4.90 Å². The Hall–Kier alpha value is -3.60. The first-order chi connectivity index (χ1) is 19.3. The quantitative estimate of drug-likeness (QED) is 0.109. The number of halogens is 1. The zero-order valence-electron chi connectivity index (χ0n) is 22.3. The van der Waals surface area contributed by atoms with E-state index in [2.05, 4.69) is 6.92 Å². The molecule has 0 bridgehead atoms. The fourth-order valence-corrected chi connectivity index (χ4v) is 6.65. The Kier molecular flexibility index (Phi) is 8.30. The molecule has 0 radical (unpaired) electrons. The molecule has 0 saturated heterocycles. The second-order valence-corrected chi connectivity index (χ2v) is 11.7. The molecular formula is C30H27FN4O2S3. The third kappa shape index (κ3) is 5.52. The lowest BCUT2D eigenvalue weighted by Crippen LogP contribution is -2.32. The molecule has 2 heterocycles. The summed E-state index contributed by atoms with van der Waals surface area (Å²) < 4.78 is 17.9. The minimum atomic E-state index is -0.413. The average molecular weight is 591 g/mol. The largest absolute Gasteiger partial charge is 0.312 e. The molecule has 0 aliphatic carbocycles. The summed E-state index contributed by atoms with van der Waals surface area (Å²) >= 11 is 8.03. The van der Waals surface area contributed by atoms with Crippen molar-refractivity contribution >= 4 is 57.3 Å². The number of hydrogen-bond acceptors (Lipinski definition) is 6. The molecule has 0 unspecified atom stereocenters. The number of anilines is 1. The second kappa shape index (κ2) is 11.9. The summed E-state index contributed by atoms with van der Waals surface area (Å²) in [6.45, 7) is 6.49. The van der Waals surface area contributed by atoms with E-state index in [1.807, 2.05) is 62.4 Å². The van der Waals surface area contributed by atoms with Crippen LogP contribution >= 0.6 is 35.3 Å².